The number of aromatic nitrogens is 6. The van der Waals surface area contributed by atoms with Crippen molar-refractivity contribution in [3.8, 4) is 0 Å². The fourth-order valence-electron chi connectivity index (χ4n) is 4.12. The van der Waals surface area contributed by atoms with Crippen molar-refractivity contribution < 1.29 is 26.7 Å². The molecule has 1 aliphatic rings. The number of alkyl halides is 5. The van der Waals surface area contributed by atoms with Crippen LogP contribution in [0.15, 0.2) is 36.7 Å². The van der Waals surface area contributed by atoms with Crippen molar-refractivity contribution in [3.05, 3.63) is 70.8 Å². The third-order valence-electron chi connectivity index (χ3n) is 5.60. The number of pyridine rings is 1. The first-order valence-corrected chi connectivity index (χ1v) is 9.86. The zero-order valence-corrected chi connectivity index (χ0v) is 17.0. The van der Waals surface area contributed by atoms with Crippen LogP contribution in [-0.4, -0.2) is 46.7 Å². The van der Waals surface area contributed by atoms with Crippen LogP contribution >= 0.6 is 0 Å². The summed E-state index contributed by atoms with van der Waals surface area (Å²) in [5, 5.41) is 7.85. The molecular weight excluding hydrogens is 449 g/mol. The van der Waals surface area contributed by atoms with Gasteiger partial charge in [-0.25, -0.2) is 18.3 Å². The topological polar surface area (TPSA) is 84.1 Å². The Morgan fingerprint density at radius 2 is 2.00 bits per heavy atom. The Kier molecular flexibility index (Phi) is 4.72. The number of aryl methyl sites for hydroxylation is 1. The molecule has 4 aromatic heterocycles. The van der Waals surface area contributed by atoms with Crippen LogP contribution in [0.3, 0.4) is 0 Å². The molecule has 13 heteroatoms. The predicted molar refractivity (Wildman–Crippen MR) is 104 cm³/mol. The average molecular weight is 465 g/mol. The molecule has 0 saturated carbocycles. The molecule has 1 amide bonds. The molecule has 0 saturated heterocycles. The summed E-state index contributed by atoms with van der Waals surface area (Å²) in [6.45, 7) is 0.174. The largest absolute Gasteiger partial charge is 0.433 e. The minimum absolute atomic E-state index is 0.0750. The lowest BCUT2D eigenvalue weighted by atomic mass is 9.99. The maximum Gasteiger partial charge on any atom is 0.433 e. The maximum absolute atomic E-state index is 13.5. The van der Waals surface area contributed by atoms with Gasteiger partial charge in [-0.15, -0.1) is 0 Å². The lowest BCUT2D eigenvalue weighted by molar-refractivity contribution is -0.142. The standard InChI is InChI=1S/C20H16F5N7O/c1-30-14(8-13(28-30)18(21)22)19(33)31-6-5-11-16(27-9-26-11)17(31)12-7-10-3-2-4-15(20(23,24)25)32(10)29-12/h2-4,7-9,17-18H,5-6H2,1H3,(H,26,27)/t17-/m1/s1. The quantitative estimate of drug-likeness (QED) is 0.470. The first kappa shape index (κ1) is 21.1. The summed E-state index contributed by atoms with van der Waals surface area (Å²) < 4.78 is 68.5. The highest BCUT2D eigenvalue weighted by Crippen LogP contribution is 2.36. The SMILES string of the molecule is Cn1nc(C(F)F)cc1C(=O)N1CCc2[nH]cnc2[C@H]1c1cc2cccc(C(F)(F)F)n2n1. The number of aromatic amines is 1. The molecule has 4 aromatic rings. The molecular formula is C20H16F5N7O. The van der Waals surface area contributed by atoms with Gasteiger partial charge in [0.1, 0.15) is 23.1 Å². The molecule has 0 unspecified atom stereocenters. The van der Waals surface area contributed by atoms with E-state index in [0.717, 1.165) is 27.0 Å². The maximum atomic E-state index is 13.5. The van der Waals surface area contributed by atoms with Crippen molar-refractivity contribution in [1.29, 1.82) is 0 Å². The lowest BCUT2D eigenvalue weighted by Crippen LogP contribution is -2.41. The molecule has 33 heavy (non-hydrogen) atoms. The fraction of sp³-hybridized carbons (Fsp3) is 0.300. The third kappa shape index (κ3) is 3.43. The van der Waals surface area contributed by atoms with E-state index in [1.807, 2.05) is 0 Å². The van der Waals surface area contributed by atoms with Crippen molar-refractivity contribution in [2.45, 2.75) is 25.1 Å². The summed E-state index contributed by atoms with van der Waals surface area (Å²) in [4.78, 5) is 22.0. The van der Waals surface area contributed by atoms with Gasteiger partial charge in [0, 0.05) is 25.7 Å². The Bertz CT molecular complexity index is 1350. The number of nitrogens with one attached hydrogen (secondary N) is 1. The van der Waals surface area contributed by atoms with Gasteiger partial charge in [-0.1, -0.05) is 6.07 Å². The Morgan fingerprint density at radius 1 is 1.21 bits per heavy atom. The number of nitrogens with zero attached hydrogens (tertiary/aromatic N) is 6. The third-order valence-corrected chi connectivity index (χ3v) is 5.60. The molecule has 0 bridgehead atoms. The van der Waals surface area contributed by atoms with Gasteiger partial charge >= 0.3 is 6.18 Å². The molecule has 1 N–H and O–H groups in total. The molecule has 0 aromatic carbocycles. The van der Waals surface area contributed by atoms with Gasteiger partial charge < -0.3 is 9.88 Å². The van der Waals surface area contributed by atoms with Gasteiger partial charge in [0.15, 0.2) is 0 Å². The van der Waals surface area contributed by atoms with Crippen LogP contribution in [0.5, 0.6) is 0 Å². The average Bonchev–Trinajstić information content (AvgIpc) is 3.48. The first-order chi connectivity index (χ1) is 15.6. The van der Waals surface area contributed by atoms with Gasteiger partial charge in [-0.2, -0.15) is 23.4 Å². The number of carbonyl (C=O) groups is 1. The smallest absolute Gasteiger partial charge is 0.348 e. The van der Waals surface area contributed by atoms with Crippen LogP contribution < -0.4 is 0 Å². The Balaban J connectivity index is 1.63. The number of halogens is 5. The summed E-state index contributed by atoms with van der Waals surface area (Å²) in [5.74, 6) is -0.608. The Hall–Kier alpha value is -3.77. The van der Waals surface area contributed by atoms with Crippen LogP contribution in [0.25, 0.3) is 5.52 Å². The molecule has 8 nitrogen and oxygen atoms in total. The molecule has 172 valence electrons. The molecule has 5 rings (SSSR count). The second-order valence-electron chi connectivity index (χ2n) is 7.61. The van der Waals surface area contributed by atoms with Crippen molar-refractivity contribution in [2.24, 2.45) is 7.05 Å². The highest BCUT2D eigenvalue weighted by Gasteiger charge is 2.39. The molecule has 1 aliphatic heterocycles. The van der Waals surface area contributed by atoms with Crippen molar-refractivity contribution in [3.63, 3.8) is 0 Å². The monoisotopic (exact) mass is 465 g/mol. The van der Waals surface area contributed by atoms with E-state index in [4.69, 9.17) is 0 Å². The van der Waals surface area contributed by atoms with Gasteiger partial charge in [0.05, 0.1) is 23.2 Å². The number of carbonyl (C=O) groups excluding carboxylic acids is 1. The summed E-state index contributed by atoms with van der Waals surface area (Å²) in [5.41, 5.74) is -0.0696. The number of amides is 1. The summed E-state index contributed by atoms with van der Waals surface area (Å²) in [6.07, 6.45) is -5.66. The number of H-pyrrole nitrogens is 1. The minimum atomic E-state index is -4.64. The molecule has 0 spiro atoms. The molecule has 0 aliphatic carbocycles. The van der Waals surface area contributed by atoms with Crippen molar-refractivity contribution in [1.82, 2.24) is 34.3 Å². The van der Waals surface area contributed by atoms with Gasteiger partial charge in [-0.3, -0.25) is 9.48 Å². The van der Waals surface area contributed by atoms with E-state index in [2.05, 4.69) is 20.2 Å². The highest BCUT2D eigenvalue weighted by molar-refractivity contribution is 5.93. The number of rotatable bonds is 3. The normalized spacial score (nSPS) is 16.6. The minimum Gasteiger partial charge on any atom is -0.348 e. The van der Waals surface area contributed by atoms with Crippen LogP contribution in [-0.2, 0) is 19.6 Å². The second kappa shape index (κ2) is 7.39. The van der Waals surface area contributed by atoms with Gasteiger partial charge in [0.2, 0.25) is 0 Å². The molecule has 5 heterocycles. The summed E-state index contributed by atoms with van der Waals surface area (Å²) >= 11 is 0. The molecule has 1 atom stereocenters. The van der Waals surface area contributed by atoms with Crippen molar-refractivity contribution in [2.75, 3.05) is 6.54 Å². The van der Waals surface area contributed by atoms with Crippen LogP contribution in [0.4, 0.5) is 22.0 Å². The van der Waals surface area contributed by atoms with E-state index in [9.17, 15) is 26.7 Å². The van der Waals surface area contributed by atoms with Gasteiger partial charge in [-0.05, 0) is 24.3 Å². The van der Waals surface area contributed by atoms with E-state index in [1.165, 1.54) is 36.5 Å². The van der Waals surface area contributed by atoms with E-state index < -0.39 is 35.9 Å². The number of hydrogen-bond donors (Lipinski definition) is 1. The zero-order chi connectivity index (χ0) is 23.5. The van der Waals surface area contributed by atoms with E-state index in [1.54, 1.807) is 0 Å². The Labute approximate surface area is 182 Å². The van der Waals surface area contributed by atoms with Crippen LogP contribution in [0.2, 0.25) is 0 Å². The van der Waals surface area contributed by atoms with Crippen LogP contribution in [0, 0.1) is 0 Å². The highest BCUT2D eigenvalue weighted by atomic mass is 19.4. The van der Waals surface area contributed by atoms with Crippen LogP contribution in [0.1, 0.15) is 51.4 Å². The lowest BCUT2D eigenvalue weighted by Gasteiger charge is -2.33. The molecule has 0 radical (unpaired) electrons. The van der Waals surface area contributed by atoms with E-state index in [0.29, 0.717) is 12.1 Å². The van der Waals surface area contributed by atoms with Gasteiger partial charge in [0.25, 0.3) is 12.3 Å². The first-order valence-electron chi connectivity index (χ1n) is 9.86. The second-order valence-corrected chi connectivity index (χ2v) is 7.61. The zero-order valence-electron chi connectivity index (χ0n) is 17.0. The number of fused-ring (bicyclic) bond motifs is 2. The van der Waals surface area contributed by atoms with E-state index in [-0.39, 0.29) is 23.4 Å². The summed E-state index contributed by atoms with van der Waals surface area (Å²) in [7, 11) is 1.37. The number of imidazole rings is 1. The fourth-order valence-corrected chi connectivity index (χ4v) is 4.12. The van der Waals surface area contributed by atoms with Crippen molar-refractivity contribution >= 4 is 11.4 Å². The van der Waals surface area contributed by atoms with E-state index >= 15 is 0 Å². The summed E-state index contributed by atoms with van der Waals surface area (Å²) in [6, 6.07) is 5.21. The Morgan fingerprint density at radius 3 is 2.70 bits per heavy atom. The number of hydrogen-bond acceptors (Lipinski definition) is 4. The predicted octanol–water partition coefficient (Wildman–Crippen LogP) is 3.54. The molecule has 0 fully saturated rings.